The van der Waals surface area contributed by atoms with Gasteiger partial charge in [0.2, 0.25) is 0 Å². The van der Waals surface area contributed by atoms with E-state index in [1.54, 1.807) is 0 Å². The van der Waals surface area contributed by atoms with Gasteiger partial charge in [0.05, 0.1) is 0 Å². The summed E-state index contributed by atoms with van der Waals surface area (Å²) < 4.78 is 1.15. The lowest BCUT2D eigenvalue weighted by Gasteiger charge is -2.13. The highest BCUT2D eigenvalue weighted by Crippen LogP contribution is 2.39. The minimum atomic E-state index is 1.15. The van der Waals surface area contributed by atoms with Gasteiger partial charge >= 0.3 is 0 Å². The van der Waals surface area contributed by atoms with Crippen LogP contribution in [0, 0.1) is 0 Å². The van der Waals surface area contributed by atoms with Crippen molar-refractivity contribution in [2.45, 2.75) is 0 Å². The van der Waals surface area contributed by atoms with E-state index in [4.69, 9.17) is 0 Å². The Hall–Kier alpha value is -3.94. The summed E-state index contributed by atoms with van der Waals surface area (Å²) in [5.74, 6) is 0. The molecule has 0 aliphatic carbocycles. The van der Waals surface area contributed by atoms with E-state index in [1.165, 1.54) is 65.3 Å². The van der Waals surface area contributed by atoms with Gasteiger partial charge in [-0.25, -0.2) is 0 Å². The zero-order chi connectivity index (χ0) is 23.4. The zero-order valence-corrected chi connectivity index (χ0v) is 20.6. The van der Waals surface area contributed by atoms with Crippen LogP contribution in [-0.2, 0) is 0 Å². The summed E-state index contributed by atoms with van der Waals surface area (Å²) in [6.07, 6.45) is 0. The van der Waals surface area contributed by atoms with E-state index in [1.807, 2.05) is 0 Å². The zero-order valence-electron chi connectivity index (χ0n) is 19.0. The van der Waals surface area contributed by atoms with Gasteiger partial charge in [-0.05, 0) is 99.5 Å². The Balaban J connectivity index is 1.41. The van der Waals surface area contributed by atoms with Crippen LogP contribution in [-0.4, -0.2) is 0 Å². The first kappa shape index (κ1) is 20.4. The molecule has 0 fully saturated rings. The predicted octanol–water partition coefficient (Wildman–Crippen LogP) is 10.4. The molecule has 0 N–H and O–H groups in total. The van der Waals surface area contributed by atoms with Crippen LogP contribution in [0.25, 0.3) is 65.3 Å². The maximum absolute atomic E-state index is 3.96. The van der Waals surface area contributed by atoms with E-state index in [0.717, 1.165) is 4.47 Å². The van der Waals surface area contributed by atoms with Crippen LogP contribution in [0.1, 0.15) is 0 Å². The summed E-state index contributed by atoms with van der Waals surface area (Å²) in [5, 5.41) is 10.1. The van der Waals surface area contributed by atoms with Crippen LogP contribution in [0.4, 0.5) is 0 Å². The summed E-state index contributed by atoms with van der Waals surface area (Å²) in [6, 6.07) is 46.2. The van der Waals surface area contributed by atoms with Crippen molar-refractivity contribution in [1.29, 1.82) is 0 Å². The van der Waals surface area contributed by atoms with Gasteiger partial charge in [-0.2, -0.15) is 0 Å². The average Bonchev–Trinajstić information content (AvgIpc) is 2.92. The lowest BCUT2D eigenvalue weighted by molar-refractivity contribution is 1.67. The molecule has 0 aliphatic heterocycles. The molecule has 0 heterocycles. The van der Waals surface area contributed by atoms with Crippen molar-refractivity contribution in [3.05, 3.63) is 132 Å². The third-order valence-electron chi connectivity index (χ3n) is 7.09. The number of hydrogen-bond acceptors (Lipinski definition) is 0. The van der Waals surface area contributed by atoms with Gasteiger partial charge in [-0.15, -0.1) is 0 Å². The molecule has 0 atom stereocenters. The second-order valence-corrected chi connectivity index (χ2v) is 9.91. The van der Waals surface area contributed by atoms with Gasteiger partial charge in [0, 0.05) is 4.47 Å². The molecule has 0 nitrogen and oxygen atoms in total. The molecule has 0 amide bonds. The molecule has 0 saturated carbocycles. The Morgan fingerprint density at radius 1 is 0.343 bits per heavy atom. The number of benzene rings is 7. The van der Waals surface area contributed by atoms with Gasteiger partial charge in [-0.3, -0.25) is 0 Å². The molecule has 0 bridgehead atoms. The van der Waals surface area contributed by atoms with Crippen molar-refractivity contribution in [1.82, 2.24) is 0 Å². The Labute approximate surface area is 212 Å². The first-order valence-corrected chi connectivity index (χ1v) is 12.7. The molecule has 0 radical (unpaired) electrons. The Morgan fingerprint density at radius 2 is 0.914 bits per heavy atom. The number of fused-ring (bicyclic) bond motifs is 4. The normalized spacial score (nSPS) is 11.6. The first-order valence-electron chi connectivity index (χ1n) is 11.9. The third kappa shape index (κ3) is 3.35. The van der Waals surface area contributed by atoms with Gasteiger partial charge in [-0.1, -0.05) is 109 Å². The SMILES string of the molecule is Brc1c2ccc(-c3cccc4ccccc34)cc2cc2ccc(-c3cccc4ccccc34)cc12. The van der Waals surface area contributed by atoms with Crippen molar-refractivity contribution in [2.75, 3.05) is 0 Å². The third-order valence-corrected chi connectivity index (χ3v) is 7.94. The van der Waals surface area contributed by atoms with E-state index >= 15 is 0 Å². The van der Waals surface area contributed by atoms with E-state index in [9.17, 15) is 0 Å². The highest BCUT2D eigenvalue weighted by molar-refractivity contribution is 9.10. The quantitative estimate of drug-likeness (QED) is 0.203. The van der Waals surface area contributed by atoms with Crippen LogP contribution >= 0.6 is 15.9 Å². The molecule has 35 heavy (non-hydrogen) atoms. The van der Waals surface area contributed by atoms with Crippen molar-refractivity contribution in [2.24, 2.45) is 0 Å². The summed E-state index contributed by atoms with van der Waals surface area (Å²) in [4.78, 5) is 0. The predicted molar refractivity (Wildman–Crippen MR) is 155 cm³/mol. The van der Waals surface area contributed by atoms with Gasteiger partial charge < -0.3 is 0 Å². The fourth-order valence-electron chi connectivity index (χ4n) is 5.36. The van der Waals surface area contributed by atoms with Crippen LogP contribution in [0.5, 0.6) is 0 Å². The van der Waals surface area contributed by atoms with Crippen LogP contribution in [0.2, 0.25) is 0 Å². The Morgan fingerprint density at radius 3 is 1.60 bits per heavy atom. The van der Waals surface area contributed by atoms with Crippen molar-refractivity contribution in [3.63, 3.8) is 0 Å². The van der Waals surface area contributed by atoms with Gasteiger partial charge in [0.25, 0.3) is 0 Å². The Kier molecular flexibility index (Phi) is 4.72. The highest BCUT2D eigenvalue weighted by Gasteiger charge is 2.11. The number of halogens is 1. The summed E-state index contributed by atoms with van der Waals surface area (Å²) in [5.41, 5.74) is 5.02. The molecule has 0 aromatic heterocycles. The summed E-state index contributed by atoms with van der Waals surface area (Å²) in [6.45, 7) is 0. The van der Waals surface area contributed by atoms with E-state index in [0.29, 0.717) is 0 Å². The van der Waals surface area contributed by atoms with Crippen molar-refractivity contribution in [3.8, 4) is 22.3 Å². The Bertz CT molecular complexity index is 1900. The maximum Gasteiger partial charge on any atom is 0.0332 e. The van der Waals surface area contributed by atoms with Crippen LogP contribution in [0.3, 0.4) is 0 Å². The molecule has 7 aromatic rings. The van der Waals surface area contributed by atoms with Crippen molar-refractivity contribution >= 4 is 59.0 Å². The fourth-order valence-corrected chi connectivity index (χ4v) is 6.06. The molecule has 164 valence electrons. The molecule has 0 aliphatic rings. The average molecular weight is 509 g/mol. The van der Waals surface area contributed by atoms with E-state index in [2.05, 4.69) is 143 Å². The lowest BCUT2D eigenvalue weighted by Crippen LogP contribution is -1.86. The van der Waals surface area contributed by atoms with E-state index in [-0.39, 0.29) is 0 Å². The standard InChI is InChI=1S/C34H21Br/c35-34-32-18-17-24(30-13-5-9-22-7-1-3-11-28(22)30)19-27(32)20-25-15-16-26(21-33(25)34)31-14-6-10-23-8-2-4-12-29(23)31/h1-21H. The summed E-state index contributed by atoms with van der Waals surface area (Å²) >= 11 is 3.96. The minimum absolute atomic E-state index is 1.15. The molecule has 0 spiro atoms. The molecule has 0 unspecified atom stereocenters. The fraction of sp³-hybridized carbons (Fsp3) is 0. The summed E-state index contributed by atoms with van der Waals surface area (Å²) in [7, 11) is 0. The van der Waals surface area contributed by atoms with Gasteiger partial charge in [0.1, 0.15) is 0 Å². The molecular formula is C34H21Br. The topological polar surface area (TPSA) is 0 Å². The largest absolute Gasteiger partial charge is 0.0616 e. The molecule has 7 rings (SSSR count). The molecule has 0 saturated heterocycles. The van der Waals surface area contributed by atoms with E-state index < -0.39 is 0 Å². The van der Waals surface area contributed by atoms with Crippen LogP contribution in [0.15, 0.2) is 132 Å². The molecule has 1 heteroatoms. The smallest absolute Gasteiger partial charge is 0.0332 e. The molecular weight excluding hydrogens is 488 g/mol. The van der Waals surface area contributed by atoms with Gasteiger partial charge in [0.15, 0.2) is 0 Å². The number of hydrogen-bond donors (Lipinski definition) is 0. The second-order valence-electron chi connectivity index (χ2n) is 9.12. The first-order chi connectivity index (χ1) is 17.3. The molecule has 7 aromatic carbocycles. The highest BCUT2D eigenvalue weighted by atomic mass is 79.9. The monoisotopic (exact) mass is 508 g/mol. The van der Waals surface area contributed by atoms with Crippen molar-refractivity contribution < 1.29 is 0 Å². The maximum atomic E-state index is 3.96. The number of rotatable bonds is 2. The minimum Gasteiger partial charge on any atom is -0.0616 e. The lowest BCUT2D eigenvalue weighted by atomic mass is 9.93. The van der Waals surface area contributed by atoms with Crippen LogP contribution < -0.4 is 0 Å². The second kappa shape index (κ2) is 8.08.